The maximum Gasteiger partial charge on any atom is 0.352 e. The van der Waals surface area contributed by atoms with Gasteiger partial charge in [-0.2, -0.15) is 0 Å². The van der Waals surface area contributed by atoms with E-state index in [1.54, 1.807) is 6.07 Å². The normalized spacial score (nSPS) is 24.5. The highest BCUT2D eigenvalue weighted by molar-refractivity contribution is 5.85. The van der Waals surface area contributed by atoms with Crippen molar-refractivity contribution >= 4 is 5.97 Å². The zero-order valence-corrected chi connectivity index (χ0v) is 12.4. The highest BCUT2D eigenvalue weighted by atomic mass is 16.5. The molecule has 1 unspecified atom stereocenters. The number of carboxylic acids is 1. The Morgan fingerprint density at radius 2 is 2.14 bits per heavy atom. The van der Waals surface area contributed by atoms with Crippen LogP contribution in [0.15, 0.2) is 18.3 Å². The molecule has 116 valence electrons. The van der Waals surface area contributed by atoms with E-state index in [1.807, 2.05) is 16.8 Å². The van der Waals surface area contributed by atoms with Gasteiger partial charge < -0.3 is 19.3 Å². The van der Waals surface area contributed by atoms with Crippen molar-refractivity contribution in [3.05, 3.63) is 24.0 Å². The molecule has 1 atom stereocenters. The molecular weight excluding hydrogens is 268 g/mol. The Balaban J connectivity index is 1.48. The third kappa shape index (κ3) is 3.47. The minimum Gasteiger partial charge on any atom is -0.477 e. The third-order valence-corrected chi connectivity index (χ3v) is 4.74. The summed E-state index contributed by atoms with van der Waals surface area (Å²) in [5.74, 6) is -0.833. The van der Waals surface area contributed by atoms with Crippen molar-refractivity contribution in [3.8, 4) is 0 Å². The first-order chi connectivity index (χ1) is 10.2. The summed E-state index contributed by atoms with van der Waals surface area (Å²) in [6.45, 7) is 4.14. The minimum atomic E-state index is -0.833. The van der Waals surface area contributed by atoms with Gasteiger partial charge in [0.25, 0.3) is 0 Å². The molecule has 21 heavy (non-hydrogen) atoms. The van der Waals surface area contributed by atoms with Crippen LogP contribution in [0.25, 0.3) is 0 Å². The summed E-state index contributed by atoms with van der Waals surface area (Å²) in [6, 6.07) is 3.84. The molecule has 3 rings (SSSR count). The van der Waals surface area contributed by atoms with E-state index in [1.165, 1.54) is 12.8 Å². The highest BCUT2D eigenvalue weighted by Gasteiger charge is 2.24. The SMILES string of the molecule is O=C(O)c1cccn1C1CCN(CCC2CCCO2)CC1. The molecule has 3 heterocycles. The standard InChI is InChI=1S/C16H24N2O3/c19-16(20)15-4-1-8-18(15)13-5-9-17(10-6-13)11-7-14-3-2-12-21-14/h1,4,8,13-14H,2-3,5-7,9-12H2,(H,19,20). The van der Waals surface area contributed by atoms with Gasteiger partial charge in [0.1, 0.15) is 5.69 Å². The van der Waals surface area contributed by atoms with E-state index in [2.05, 4.69) is 4.90 Å². The van der Waals surface area contributed by atoms with Crippen molar-refractivity contribution < 1.29 is 14.6 Å². The van der Waals surface area contributed by atoms with E-state index in [0.717, 1.165) is 45.5 Å². The summed E-state index contributed by atoms with van der Waals surface area (Å²) in [7, 11) is 0. The molecule has 2 aliphatic rings. The van der Waals surface area contributed by atoms with Crippen LogP contribution in [0.4, 0.5) is 0 Å². The lowest BCUT2D eigenvalue weighted by atomic mass is 10.0. The maximum absolute atomic E-state index is 11.2. The smallest absolute Gasteiger partial charge is 0.352 e. The Morgan fingerprint density at radius 1 is 1.33 bits per heavy atom. The largest absolute Gasteiger partial charge is 0.477 e. The first-order valence-electron chi connectivity index (χ1n) is 7.98. The predicted molar refractivity (Wildman–Crippen MR) is 79.7 cm³/mol. The quantitative estimate of drug-likeness (QED) is 0.905. The Bertz CT molecular complexity index is 472. The van der Waals surface area contributed by atoms with Gasteiger partial charge in [-0.25, -0.2) is 4.79 Å². The fourth-order valence-corrected chi connectivity index (χ4v) is 3.51. The van der Waals surface area contributed by atoms with Crippen molar-refractivity contribution in [1.29, 1.82) is 0 Å². The van der Waals surface area contributed by atoms with E-state index < -0.39 is 5.97 Å². The van der Waals surface area contributed by atoms with Crippen LogP contribution >= 0.6 is 0 Å². The van der Waals surface area contributed by atoms with Gasteiger partial charge in [-0.3, -0.25) is 0 Å². The predicted octanol–water partition coefficient (Wildman–Crippen LogP) is 2.39. The Kier molecular flexibility index (Phi) is 4.60. The molecule has 1 N–H and O–H groups in total. The molecule has 5 nitrogen and oxygen atoms in total. The summed E-state index contributed by atoms with van der Waals surface area (Å²) in [4.78, 5) is 13.7. The van der Waals surface area contributed by atoms with E-state index in [0.29, 0.717) is 17.8 Å². The monoisotopic (exact) mass is 292 g/mol. The molecule has 0 aromatic carbocycles. The van der Waals surface area contributed by atoms with Crippen molar-refractivity contribution in [1.82, 2.24) is 9.47 Å². The summed E-state index contributed by atoms with van der Waals surface area (Å²) < 4.78 is 7.60. The molecule has 0 spiro atoms. The van der Waals surface area contributed by atoms with Crippen LogP contribution < -0.4 is 0 Å². The number of aromatic carboxylic acids is 1. The average Bonchev–Trinajstić information content (AvgIpc) is 3.17. The zero-order chi connectivity index (χ0) is 14.7. The number of aromatic nitrogens is 1. The van der Waals surface area contributed by atoms with Crippen LogP contribution in [-0.4, -0.2) is 52.9 Å². The number of hydrogen-bond donors (Lipinski definition) is 1. The van der Waals surface area contributed by atoms with Gasteiger partial charge in [0.15, 0.2) is 0 Å². The first kappa shape index (κ1) is 14.6. The number of hydrogen-bond acceptors (Lipinski definition) is 3. The molecule has 2 fully saturated rings. The number of rotatable bonds is 5. The molecule has 1 aromatic rings. The second-order valence-corrected chi connectivity index (χ2v) is 6.10. The van der Waals surface area contributed by atoms with Gasteiger partial charge in [-0.1, -0.05) is 0 Å². The lowest BCUT2D eigenvalue weighted by Gasteiger charge is -2.33. The maximum atomic E-state index is 11.2. The second kappa shape index (κ2) is 6.62. The molecule has 0 bridgehead atoms. The lowest BCUT2D eigenvalue weighted by molar-refractivity contribution is 0.0673. The Labute approximate surface area is 125 Å². The van der Waals surface area contributed by atoms with Gasteiger partial charge in [0.2, 0.25) is 0 Å². The molecular formula is C16H24N2O3. The van der Waals surface area contributed by atoms with E-state index >= 15 is 0 Å². The second-order valence-electron chi connectivity index (χ2n) is 6.10. The van der Waals surface area contributed by atoms with Gasteiger partial charge >= 0.3 is 5.97 Å². The molecule has 0 radical (unpaired) electrons. The Hall–Kier alpha value is -1.33. The van der Waals surface area contributed by atoms with Gasteiger partial charge in [-0.15, -0.1) is 0 Å². The van der Waals surface area contributed by atoms with E-state index in [-0.39, 0.29) is 0 Å². The highest BCUT2D eigenvalue weighted by Crippen LogP contribution is 2.25. The summed E-state index contributed by atoms with van der Waals surface area (Å²) in [6.07, 6.45) is 7.97. The number of piperidine rings is 1. The van der Waals surface area contributed by atoms with Crippen LogP contribution in [0.5, 0.6) is 0 Å². The average molecular weight is 292 g/mol. The molecule has 0 amide bonds. The van der Waals surface area contributed by atoms with Crippen LogP contribution in [-0.2, 0) is 4.74 Å². The molecule has 5 heteroatoms. The van der Waals surface area contributed by atoms with Crippen LogP contribution in [0, 0.1) is 0 Å². The number of nitrogens with zero attached hydrogens (tertiary/aromatic N) is 2. The first-order valence-corrected chi connectivity index (χ1v) is 7.98. The topological polar surface area (TPSA) is 54.7 Å². The van der Waals surface area contributed by atoms with Crippen molar-refractivity contribution in [2.75, 3.05) is 26.2 Å². The number of carbonyl (C=O) groups is 1. The summed E-state index contributed by atoms with van der Waals surface area (Å²) >= 11 is 0. The zero-order valence-electron chi connectivity index (χ0n) is 12.4. The van der Waals surface area contributed by atoms with Crippen LogP contribution in [0.2, 0.25) is 0 Å². The van der Waals surface area contributed by atoms with Gasteiger partial charge in [0.05, 0.1) is 6.10 Å². The number of ether oxygens (including phenoxy) is 1. The van der Waals surface area contributed by atoms with Crippen molar-refractivity contribution in [3.63, 3.8) is 0 Å². The molecule has 0 aliphatic carbocycles. The van der Waals surface area contributed by atoms with Crippen LogP contribution in [0.1, 0.15) is 48.6 Å². The molecule has 0 saturated carbocycles. The summed E-state index contributed by atoms with van der Waals surface area (Å²) in [5.41, 5.74) is 0.410. The fraction of sp³-hybridized carbons (Fsp3) is 0.688. The van der Waals surface area contributed by atoms with E-state index in [4.69, 9.17) is 4.74 Å². The molecule has 1 aromatic heterocycles. The lowest BCUT2D eigenvalue weighted by Crippen LogP contribution is -2.36. The molecule has 2 saturated heterocycles. The fourth-order valence-electron chi connectivity index (χ4n) is 3.51. The molecule has 2 aliphatic heterocycles. The summed E-state index contributed by atoms with van der Waals surface area (Å²) in [5, 5.41) is 9.20. The van der Waals surface area contributed by atoms with Crippen LogP contribution in [0.3, 0.4) is 0 Å². The minimum absolute atomic E-state index is 0.324. The van der Waals surface area contributed by atoms with Gasteiger partial charge in [0, 0.05) is 38.5 Å². The van der Waals surface area contributed by atoms with E-state index in [9.17, 15) is 9.90 Å². The number of likely N-dealkylation sites (tertiary alicyclic amines) is 1. The van der Waals surface area contributed by atoms with Crippen molar-refractivity contribution in [2.24, 2.45) is 0 Å². The van der Waals surface area contributed by atoms with Gasteiger partial charge in [-0.05, 0) is 44.2 Å². The number of carboxylic acid groups (broad SMARTS) is 1. The Morgan fingerprint density at radius 3 is 2.81 bits per heavy atom. The van der Waals surface area contributed by atoms with Crippen molar-refractivity contribution in [2.45, 2.75) is 44.2 Å². The third-order valence-electron chi connectivity index (χ3n) is 4.74.